The molecule has 0 bridgehead atoms. The molecule has 0 saturated heterocycles. The van der Waals surface area contributed by atoms with Crippen molar-refractivity contribution in [1.82, 2.24) is 11.1 Å². The molecule has 1 aromatic rings. The van der Waals surface area contributed by atoms with E-state index in [4.69, 9.17) is 0 Å². The normalized spacial score (nSPS) is 15.9. The van der Waals surface area contributed by atoms with Crippen molar-refractivity contribution in [3.63, 3.8) is 0 Å². The zero-order valence-corrected chi connectivity index (χ0v) is 10.5. The third-order valence-corrected chi connectivity index (χ3v) is 2.99. The molecule has 4 nitrogen and oxygen atoms in total. The Kier molecular flexibility index (Phi) is 3.07. The molecule has 0 amide bonds. The second-order valence-corrected chi connectivity index (χ2v) is 6.30. The molecule has 5 heteroatoms. The Morgan fingerprint density at radius 3 is 2.50 bits per heavy atom. The molecular formula is C11H16N4S. The van der Waals surface area contributed by atoms with E-state index in [1.165, 1.54) is 0 Å². The first-order valence-corrected chi connectivity index (χ1v) is 6.00. The Morgan fingerprint density at radius 2 is 1.88 bits per heavy atom. The predicted octanol–water partition coefficient (Wildman–Crippen LogP) is 2.32. The second kappa shape index (κ2) is 4.35. The van der Waals surface area contributed by atoms with Crippen molar-refractivity contribution in [2.45, 2.75) is 25.5 Å². The largest absolute Gasteiger partial charge is 0.233 e. The summed E-state index contributed by atoms with van der Waals surface area (Å²) in [5, 5.41) is 7.09. The summed E-state index contributed by atoms with van der Waals surface area (Å²) in [5.74, 6) is 0. The van der Waals surface area contributed by atoms with Crippen LogP contribution in [0.5, 0.6) is 0 Å². The molecule has 2 rings (SSSR count). The fourth-order valence-corrected chi connectivity index (χ4v) is 2.20. The molecule has 0 unspecified atom stereocenters. The minimum atomic E-state index is 0.138. The Bertz CT molecular complexity index is 383. The van der Waals surface area contributed by atoms with E-state index in [9.17, 15) is 0 Å². The van der Waals surface area contributed by atoms with Crippen molar-refractivity contribution >= 4 is 22.6 Å². The summed E-state index contributed by atoms with van der Waals surface area (Å²) in [4.78, 5) is 0. The summed E-state index contributed by atoms with van der Waals surface area (Å²) in [7, 11) is 0. The zero-order chi connectivity index (χ0) is 11.6. The maximum Gasteiger partial charge on any atom is 0.205 e. The number of para-hydroxylation sites is 1. The number of rotatable bonds is 1. The van der Waals surface area contributed by atoms with Crippen LogP contribution in [-0.4, -0.2) is 9.91 Å². The lowest BCUT2D eigenvalue weighted by Gasteiger charge is -2.23. The highest BCUT2D eigenvalue weighted by atomic mass is 32.2. The van der Waals surface area contributed by atoms with Gasteiger partial charge in [0, 0.05) is 4.75 Å². The number of hydrazone groups is 1. The third kappa shape index (κ3) is 2.68. The average Bonchev–Trinajstić information content (AvgIpc) is 2.64. The van der Waals surface area contributed by atoms with Gasteiger partial charge in [0.25, 0.3) is 0 Å². The van der Waals surface area contributed by atoms with E-state index in [1.54, 1.807) is 11.8 Å². The van der Waals surface area contributed by atoms with Crippen molar-refractivity contribution in [2.75, 3.05) is 5.01 Å². The van der Waals surface area contributed by atoms with Crippen molar-refractivity contribution < 1.29 is 0 Å². The van der Waals surface area contributed by atoms with Crippen LogP contribution < -0.4 is 16.1 Å². The average molecular weight is 236 g/mol. The lowest BCUT2D eigenvalue weighted by molar-refractivity contribution is 0.623. The Balaban J connectivity index is 2.15. The minimum Gasteiger partial charge on any atom is -0.233 e. The van der Waals surface area contributed by atoms with Crippen LogP contribution in [0, 0.1) is 0 Å². The van der Waals surface area contributed by atoms with E-state index in [0.717, 1.165) is 10.9 Å². The summed E-state index contributed by atoms with van der Waals surface area (Å²) in [6, 6.07) is 10.1. The zero-order valence-electron chi connectivity index (χ0n) is 9.69. The Labute approximate surface area is 100 Å². The molecule has 16 heavy (non-hydrogen) atoms. The highest BCUT2D eigenvalue weighted by Crippen LogP contribution is 2.28. The van der Waals surface area contributed by atoms with Crippen LogP contribution in [-0.2, 0) is 0 Å². The third-order valence-electron chi connectivity index (χ3n) is 1.92. The first-order valence-electron chi connectivity index (χ1n) is 5.19. The summed E-state index contributed by atoms with van der Waals surface area (Å²) in [6.07, 6.45) is 0. The minimum absolute atomic E-state index is 0.138. The molecule has 0 spiro atoms. The lowest BCUT2D eigenvalue weighted by atomic mass is 10.3. The maximum atomic E-state index is 4.22. The fourth-order valence-electron chi connectivity index (χ4n) is 1.32. The Hall–Kier alpha value is -1.20. The van der Waals surface area contributed by atoms with E-state index in [-0.39, 0.29) is 4.75 Å². The molecule has 1 aromatic carbocycles. The highest BCUT2D eigenvalue weighted by molar-refractivity contribution is 8.15. The van der Waals surface area contributed by atoms with Crippen LogP contribution in [0.3, 0.4) is 0 Å². The molecule has 2 N–H and O–H groups in total. The Morgan fingerprint density at radius 1 is 1.19 bits per heavy atom. The highest BCUT2D eigenvalue weighted by Gasteiger charge is 2.24. The van der Waals surface area contributed by atoms with Crippen LogP contribution in [0.15, 0.2) is 35.4 Å². The molecule has 0 radical (unpaired) electrons. The molecule has 1 heterocycles. The van der Waals surface area contributed by atoms with Gasteiger partial charge in [-0.05, 0) is 12.1 Å². The molecule has 86 valence electrons. The standard InChI is InChI=1S/C11H16N4S/c1-11(2,3)16-10-12-13-14-15(10)9-7-5-4-6-8-9/h4-8,13-14H,1-3H3. The van der Waals surface area contributed by atoms with E-state index < -0.39 is 0 Å². The second-order valence-electron chi connectivity index (χ2n) is 4.50. The molecule has 0 aromatic heterocycles. The lowest BCUT2D eigenvalue weighted by Crippen LogP contribution is -2.40. The van der Waals surface area contributed by atoms with Gasteiger partial charge in [-0.25, -0.2) is 10.5 Å². The number of hydrogen-bond donors (Lipinski definition) is 2. The SMILES string of the molecule is CC(C)(C)SC1=NNNN1c1ccccc1. The van der Waals surface area contributed by atoms with Crippen molar-refractivity contribution in [2.24, 2.45) is 5.10 Å². The van der Waals surface area contributed by atoms with Gasteiger partial charge in [-0.1, -0.05) is 50.7 Å². The molecule has 1 aliphatic heterocycles. The van der Waals surface area contributed by atoms with E-state index in [0.29, 0.717) is 0 Å². The van der Waals surface area contributed by atoms with Gasteiger partial charge < -0.3 is 0 Å². The van der Waals surface area contributed by atoms with Crippen molar-refractivity contribution in [3.05, 3.63) is 30.3 Å². The van der Waals surface area contributed by atoms with Gasteiger partial charge in [0.2, 0.25) is 5.17 Å². The van der Waals surface area contributed by atoms with Gasteiger partial charge in [0.1, 0.15) is 0 Å². The van der Waals surface area contributed by atoms with Crippen LogP contribution in [0.4, 0.5) is 5.69 Å². The quantitative estimate of drug-likeness (QED) is 0.785. The fraction of sp³-hybridized carbons (Fsp3) is 0.364. The van der Waals surface area contributed by atoms with Gasteiger partial charge in [0.15, 0.2) is 0 Å². The van der Waals surface area contributed by atoms with E-state index in [1.807, 2.05) is 35.3 Å². The summed E-state index contributed by atoms with van der Waals surface area (Å²) < 4.78 is 0.138. The van der Waals surface area contributed by atoms with Crippen LogP contribution in [0.25, 0.3) is 0 Å². The van der Waals surface area contributed by atoms with Gasteiger partial charge in [-0.15, -0.1) is 10.6 Å². The van der Waals surface area contributed by atoms with Gasteiger partial charge in [-0.2, -0.15) is 0 Å². The van der Waals surface area contributed by atoms with Crippen molar-refractivity contribution in [3.8, 4) is 0 Å². The summed E-state index contributed by atoms with van der Waals surface area (Å²) in [6.45, 7) is 6.51. The first kappa shape index (κ1) is 11.3. The molecule has 0 fully saturated rings. The smallest absolute Gasteiger partial charge is 0.205 e. The maximum absolute atomic E-state index is 4.22. The molecular weight excluding hydrogens is 220 g/mol. The number of nitrogens with zero attached hydrogens (tertiary/aromatic N) is 2. The van der Waals surface area contributed by atoms with Crippen LogP contribution in [0.1, 0.15) is 20.8 Å². The van der Waals surface area contributed by atoms with E-state index in [2.05, 4.69) is 36.9 Å². The predicted molar refractivity (Wildman–Crippen MR) is 70.0 cm³/mol. The number of thioether (sulfide) groups is 1. The van der Waals surface area contributed by atoms with Gasteiger partial charge in [-0.3, -0.25) is 0 Å². The van der Waals surface area contributed by atoms with E-state index >= 15 is 0 Å². The molecule has 0 aliphatic carbocycles. The summed E-state index contributed by atoms with van der Waals surface area (Å²) in [5.41, 5.74) is 6.86. The monoisotopic (exact) mass is 236 g/mol. The summed E-state index contributed by atoms with van der Waals surface area (Å²) >= 11 is 1.72. The molecule has 0 saturated carbocycles. The number of nitrogens with one attached hydrogen (secondary N) is 2. The molecule has 1 aliphatic rings. The van der Waals surface area contributed by atoms with Crippen LogP contribution >= 0.6 is 11.8 Å². The van der Waals surface area contributed by atoms with Crippen molar-refractivity contribution in [1.29, 1.82) is 0 Å². The first-order chi connectivity index (χ1) is 7.56. The topological polar surface area (TPSA) is 39.7 Å². The number of hydrogen-bond acceptors (Lipinski definition) is 5. The number of anilines is 1. The number of hydrazine groups is 2. The van der Waals surface area contributed by atoms with Gasteiger partial charge >= 0.3 is 0 Å². The number of amidine groups is 1. The van der Waals surface area contributed by atoms with Gasteiger partial charge in [0.05, 0.1) is 5.69 Å². The number of benzene rings is 1. The molecule has 0 atom stereocenters. The van der Waals surface area contributed by atoms with Crippen LogP contribution in [0.2, 0.25) is 0 Å².